The molecule has 0 radical (unpaired) electrons. The Morgan fingerprint density at radius 2 is 1.56 bits per heavy atom. The van der Waals surface area contributed by atoms with E-state index in [0.717, 1.165) is 18.7 Å². The zero-order valence-corrected chi connectivity index (χ0v) is 17.4. The van der Waals surface area contributed by atoms with Gasteiger partial charge in [0.1, 0.15) is 0 Å². The normalized spacial score (nSPS) is 25.5. The molecule has 27 heavy (non-hydrogen) atoms. The average molecular weight is 394 g/mol. The predicted octanol–water partition coefficient (Wildman–Crippen LogP) is 1.81. The Kier molecular flexibility index (Phi) is 6.23. The summed E-state index contributed by atoms with van der Waals surface area (Å²) in [6.07, 6.45) is 1.22. The van der Waals surface area contributed by atoms with Gasteiger partial charge < -0.3 is 4.90 Å². The van der Waals surface area contributed by atoms with E-state index in [0.29, 0.717) is 49.5 Å². The number of aryl methyl sites for hydroxylation is 1. The standard InChI is InChI=1S/C20H31N3O3S/c1-16-4-6-19(7-5-16)27(25,26)23-10-8-22(9-11-23)20(24)15-21-13-17(2)12-18(3)14-21/h4-7,17-18H,8-15H2,1-3H3/t17-,18+. The molecule has 6 nitrogen and oxygen atoms in total. The van der Waals surface area contributed by atoms with Crippen LogP contribution >= 0.6 is 0 Å². The highest BCUT2D eigenvalue weighted by molar-refractivity contribution is 7.89. The second-order valence-electron chi connectivity index (χ2n) is 8.24. The van der Waals surface area contributed by atoms with E-state index >= 15 is 0 Å². The molecule has 1 aromatic rings. The molecule has 0 aromatic heterocycles. The van der Waals surface area contributed by atoms with Gasteiger partial charge in [-0.3, -0.25) is 9.69 Å². The molecule has 2 heterocycles. The highest BCUT2D eigenvalue weighted by atomic mass is 32.2. The van der Waals surface area contributed by atoms with Crippen LogP contribution < -0.4 is 0 Å². The summed E-state index contributed by atoms with van der Waals surface area (Å²) < 4.78 is 27.0. The fraction of sp³-hybridized carbons (Fsp3) is 0.650. The maximum absolute atomic E-state index is 12.8. The van der Waals surface area contributed by atoms with Crippen molar-refractivity contribution in [1.29, 1.82) is 0 Å². The van der Waals surface area contributed by atoms with E-state index in [9.17, 15) is 13.2 Å². The Bertz CT molecular complexity index is 745. The van der Waals surface area contributed by atoms with Gasteiger partial charge in [0.05, 0.1) is 11.4 Å². The van der Waals surface area contributed by atoms with Gasteiger partial charge in [0.2, 0.25) is 15.9 Å². The number of likely N-dealkylation sites (tertiary alicyclic amines) is 1. The van der Waals surface area contributed by atoms with Gasteiger partial charge in [0.15, 0.2) is 0 Å². The number of piperazine rings is 1. The van der Waals surface area contributed by atoms with Gasteiger partial charge in [-0.25, -0.2) is 8.42 Å². The van der Waals surface area contributed by atoms with Crippen molar-refractivity contribution < 1.29 is 13.2 Å². The van der Waals surface area contributed by atoms with Crippen LogP contribution in [0.1, 0.15) is 25.8 Å². The van der Waals surface area contributed by atoms with Gasteiger partial charge in [-0.15, -0.1) is 0 Å². The Hall–Kier alpha value is -1.44. The summed E-state index contributed by atoms with van der Waals surface area (Å²) in [7, 11) is -3.48. The zero-order valence-electron chi connectivity index (χ0n) is 16.6. The highest BCUT2D eigenvalue weighted by Crippen LogP contribution is 2.21. The van der Waals surface area contributed by atoms with E-state index in [2.05, 4.69) is 18.7 Å². The van der Waals surface area contributed by atoms with Gasteiger partial charge in [0, 0.05) is 39.3 Å². The predicted molar refractivity (Wildman–Crippen MR) is 106 cm³/mol. The molecule has 2 saturated heterocycles. The van der Waals surface area contributed by atoms with E-state index in [4.69, 9.17) is 0 Å². The molecule has 2 aliphatic heterocycles. The lowest BCUT2D eigenvalue weighted by Crippen LogP contribution is -2.53. The van der Waals surface area contributed by atoms with Gasteiger partial charge in [-0.05, 0) is 37.3 Å². The van der Waals surface area contributed by atoms with Gasteiger partial charge >= 0.3 is 0 Å². The summed E-state index contributed by atoms with van der Waals surface area (Å²) in [5, 5.41) is 0. The largest absolute Gasteiger partial charge is 0.339 e. The van der Waals surface area contributed by atoms with Crippen LogP contribution in [0.3, 0.4) is 0 Å². The SMILES string of the molecule is Cc1ccc(S(=O)(=O)N2CCN(C(=O)CN3C[C@H](C)C[C@H](C)C3)CC2)cc1. The first kappa shape index (κ1) is 20.3. The molecule has 1 aromatic carbocycles. The summed E-state index contributed by atoms with van der Waals surface area (Å²) in [5.41, 5.74) is 1.03. The third-order valence-corrected chi connectivity index (χ3v) is 7.47. The van der Waals surface area contributed by atoms with Crippen molar-refractivity contribution in [2.24, 2.45) is 11.8 Å². The number of rotatable bonds is 4. The maximum Gasteiger partial charge on any atom is 0.243 e. The molecule has 0 spiro atoms. The van der Waals surface area contributed by atoms with Gasteiger partial charge in [-0.2, -0.15) is 4.31 Å². The molecule has 7 heteroatoms. The molecule has 0 saturated carbocycles. The molecule has 0 bridgehead atoms. The van der Waals surface area contributed by atoms with Crippen LogP contribution in [0.2, 0.25) is 0 Å². The summed E-state index contributed by atoms with van der Waals surface area (Å²) in [4.78, 5) is 17.0. The molecule has 0 aliphatic carbocycles. The van der Waals surface area contributed by atoms with E-state index in [1.165, 1.54) is 10.7 Å². The molecule has 2 fully saturated rings. The molecular formula is C20H31N3O3S. The van der Waals surface area contributed by atoms with Crippen LogP contribution in [0.5, 0.6) is 0 Å². The first-order valence-corrected chi connectivity index (χ1v) is 11.3. The first-order valence-electron chi connectivity index (χ1n) is 9.82. The minimum absolute atomic E-state index is 0.115. The maximum atomic E-state index is 12.8. The van der Waals surface area contributed by atoms with E-state index in [-0.39, 0.29) is 5.91 Å². The summed E-state index contributed by atoms with van der Waals surface area (Å²) in [5.74, 6) is 1.36. The number of hydrogen-bond donors (Lipinski definition) is 0. The van der Waals surface area contributed by atoms with Crippen LogP contribution in [0.4, 0.5) is 0 Å². The first-order chi connectivity index (χ1) is 12.8. The van der Waals surface area contributed by atoms with Crippen LogP contribution in [0.15, 0.2) is 29.2 Å². The summed E-state index contributed by atoms with van der Waals surface area (Å²) in [6.45, 7) is 10.4. The lowest BCUT2D eigenvalue weighted by atomic mass is 9.92. The molecule has 1 amide bonds. The Morgan fingerprint density at radius 1 is 1.00 bits per heavy atom. The zero-order chi connectivity index (χ0) is 19.6. The Balaban J connectivity index is 1.55. The Morgan fingerprint density at radius 3 is 2.11 bits per heavy atom. The quantitative estimate of drug-likeness (QED) is 0.783. The number of benzene rings is 1. The van der Waals surface area contributed by atoms with E-state index in [1.807, 2.05) is 24.0 Å². The summed E-state index contributed by atoms with van der Waals surface area (Å²) >= 11 is 0. The van der Waals surface area contributed by atoms with Crippen molar-refractivity contribution in [3.8, 4) is 0 Å². The average Bonchev–Trinajstić information content (AvgIpc) is 2.61. The molecule has 2 atom stereocenters. The smallest absolute Gasteiger partial charge is 0.243 e. The number of carbonyl (C=O) groups excluding carboxylic acids is 1. The minimum Gasteiger partial charge on any atom is -0.339 e. The second-order valence-corrected chi connectivity index (χ2v) is 10.2. The molecule has 0 unspecified atom stereocenters. The van der Waals surface area contributed by atoms with E-state index < -0.39 is 10.0 Å². The number of nitrogens with zero attached hydrogens (tertiary/aromatic N) is 3. The molecule has 3 rings (SSSR count). The summed E-state index contributed by atoms with van der Waals surface area (Å²) in [6, 6.07) is 6.93. The second kappa shape index (κ2) is 8.29. The number of piperidine rings is 1. The van der Waals surface area contributed by atoms with Crippen molar-refractivity contribution in [3.63, 3.8) is 0 Å². The number of hydrogen-bond acceptors (Lipinski definition) is 4. The highest BCUT2D eigenvalue weighted by Gasteiger charge is 2.31. The minimum atomic E-state index is -3.48. The Labute approximate surface area is 163 Å². The van der Waals surface area contributed by atoms with Crippen molar-refractivity contribution in [1.82, 2.24) is 14.1 Å². The number of carbonyl (C=O) groups is 1. The lowest BCUT2D eigenvalue weighted by Gasteiger charge is -2.38. The number of sulfonamides is 1. The monoisotopic (exact) mass is 393 g/mol. The van der Waals surface area contributed by atoms with Crippen LogP contribution in [0, 0.1) is 18.8 Å². The molecule has 150 valence electrons. The molecule has 0 N–H and O–H groups in total. The molecular weight excluding hydrogens is 362 g/mol. The lowest BCUT2D eigenvalue weighted by molar-refractivity contribution is -0.134. The van der Waals surface area contributed by atoms with Gasteiger partial charge in [-0.1, -0.05) is 31.5 Å². The van der Waals surface area contributed by atoms with Crippen molar-refractivity contribution in [2.75, 3.05) is 45.8 Å². The fourth-order valence-electron chi connectivity index (χ4n) is 4.25. The third kappa shape index (κ3) is 4.89. The van der Waals surface area contributed by atoms with Gasteiger partial charge in [0.25, 0.3) is 0 Å². The number of amides is 1. The third-order valence-electron chi connectivity index (χ3n) is 5.55. The topological polar surface area (TPSA) is 60.9 Å². The molecule has 2 aliphatic rings. The fourth-order valence-corrected chi connectivity index (χ4v) is 5.67. The van der Waals surface area contributed by atoms with Crippen LogP contribution in [-0.4, -0.2) is 74.2 Å². The van der Waals surface area contributed by atoms with E-state index in [1.54, 1.807) is 12.1 Å². The van der Waals surface area contributed by atoms with Crippen molar-refractivity contribution in [2.45, 2.75) is 32.1 Å². The van der Waals surface area contributed by atoms with Crippen LogP contribution in [0.25, 0.3) is 0 Å². The van der Waals surface area contributed by atoms with Crippen molar-refractivity contribution >= 4 is 15.9 Å². The van der Waals surface area contributed by atoms with Crippen molar-refractivity contribution in [3.05, 3.63) is 29.8 Å². The van der Waals surface area contributed by atoms with Crippen LogP contribution in [-0.2, 0) is 14.8 Å².